The van der Waals surface area contributed by atoms with Crippen LogP contribution < -0.4 is 5.32 Å². The molecular weight excluding hydrogens is 566 g/mol. The van der Waals surface area contributed by atoms with E-state index in [2.05, 4.69) is 19.2 Å². The van der Waals surface area contributed by atoms with Crippen molar-refractivity contribution in [2.45, 2.75) is 146 Å². The Balaban J connectivity index is 2.99. The maximum Gasteiger partial charge on any atom is 0.367 e. The first-order valence-corrected chi connectivity index (χ1v) is 15.9. The van der Waals surface area contributed by atoms with Gasteiger partial charge in [0.2, 0.25) is 5.91 Å². The Hall–Kier alpha value is -1.42. The van der Waals surface area contributed by atoms with Crippen LogP contribution in [0.3, 0.4) is 0 Å². The number of carboxylic acids is 1. The van der Waals surface area contributed by atoms with Crippen molar-refractivity contribution in [1.29, 1.82) is 0 Å². The Bertz CT molecular complexity index is 759. The second kappa shape index (κ2) is 22.1. The molecule has 0 unspecified atom stereocenters. The van der Waals surface area contributed by atoms with Gasteiger partial charge in [-0.1, -0.05) is 78.1 Å². The lowest BCUT2D eigenvalue weighted by molar-refractivity contribution is -0.351. The number of unbranched alkanes of at least 4 members (excludes halogenated alkanes) is 10. The average molecular weight is 624 g/mol. The second-order valence-electron chi connectivity index (χ2n) is 11.4. The fraction of sp³-hybridized carbons (Fsp3) is 0.933. The predicted octanol–water partition coefficient (Wildman–Crippen LogP) is 1.25. The van der Waals surface area contributed by atoms with Gasteiger partial charge < -0.3 is 54.9 Å². The zero-order chi connectivity index (χ0) is 32.3. The molecule has 0 radical (unpaired) electrons. The molecule has 0 aromatic heterocycles. The number of amides is 1. The monoisotopic (exact) mass is 623 g/mol. The van der Waals surface area contributed by atoms with Gasteiger partial charge in [-0.2, -0.15) is 0 Å². The summed E-state index contributed by atoms with van der Waals surface area (Å²) in [6.07, 6.45) is 2.36. The summed E-state index contributed by atoms with van der Waals surface area (Å²) < 4.78 is 23.0. The lowest BCUT2D eigenvalue weighted by Crippen LogP contribution is -2.74. The maximum absolute atomic E-state index is 12.5. The minimum absolute atomic E-state index is 0.0862. The van der Waals surface area contributed by atoms with Gasteiger partial charge in [0.25, 0.3) is 5.79 Å². The van der Waals surface area contributed by atoms with Crippen molar-refractivity contribution < 1.29 is 59.2 Å². The fourth-order valence-corrected chi connectivity index (χ4v) is 5.02. The highest BCUT2D eigenvalue weighted by atomic mass is 16.7. The molecule has 43 heavy (non-hydrogen) atoms. The minimum atomic E-state index is -2.89. The van der Waals surface area contributed by atoms with E-state index in [0.29, 0.717) is 13.2 Å². The molecule has 1 heterocycles. The van der Waals surface area contributed by atoms with Crippen LogP contribution in [0.2, 0.25) is 0 Å². The first kappa shape index (κ1) is 39.6. The maximum atomic E-state index is 12.5. The number of carbonyl (C=O) groups is 2. The Morgan fingerprint density at radius 1 is 0.884 bits per heavy atom. The first-order valence-electron chi connectivity index (χ1n) is 15.9. The van der Waals surface area contributed by atoms with Crippen molar-refractivity contribution >= 4 is 11.9 Å². The Labute approximate surface area is 255 Å². The van der Waals surface area contributed by atoms with Crippen LogP contribution in [0.15, 0.2) is 0 Å². The normalized spacial score (nSPS) is 26.1. The molecule has 7 N–H and O–H groups in total. The van der Waals surface area contributed by atoms with Crippen molar-refractivity contribution in [2.75, 3.05) is 33.0 Å². The van der Waals surface area contributed by atoms with Crippen molar-refractivity contribution in [3.63, 3.8) is 0 Å². The molecule has 1 fully saturated rings. The van der Waals surface area contributed by atoms with Crippen LogP contribution in [-0.2, 0) is 28.5 Å². The summed E-state index contributed by atoms with van der Waals surface area (Å²) in [4.78, 5) is 24.3. The number of aliphatic hydroxyl groups excluding tert-OH is 5. The molecule has 13 nitrogen and oxygen atoms in total. The van der Waals surface area contributed by atoms with Gasteiger partial charge in [0, 0.05) is 20.1 Å². The summed E-state index contributed by atoms with van der Waals surface area (Å²) in [6, 6.07) is -1.53. The highest BCUT2D eigenvalue weighted by Gasteiger charge is 2.62. The molecule has 8 atom stereocenters. The molecule has 0 aliphatic carbocycles. The molecule has 0 spiro atoms. The minimum Gasteiger partial charge on any atom is -0.477 e. The van der Waals surface area contributed by atoms with Gasteiger partial charge in [0.15, 0.2) is 0 Å². The van der Waals surface area contributed by atoms with Crippen LogP contribution in [0.1, 0.15) is 97.8 Å². The van der Waals surface area contributed by atoms with Crippen LogP contribution >= 0.6 is 0 Å². The third-order valence-corrected chi connectivity index (χ3v) is 7.61. The van der Waals surface area contributed by atoms with Crippen LogP contribution in [0.4, 0.5) is 0 Å². The number of hydrogen-bond donors (Lipinski definition) is 7. The summed E-state index contributed by atoms with van der Waals surface area (Å²) in [5, 5.41) is 64.2. The highest BCUT2D eigenvalue weighted by Crippen LogP contribution is 2.34. The summed E-state index contributed by atoms with van der Waals surface area (Å²) in [7, 11) is 0. The van der Waals surface area contributed by atoms with E-state index in [1.165, 1.54) is 19.3 Å². The molecule has 0 bridgehead atoms. The molecule has 1 aliphatic heterocycles. The van der Waals surface area contributed by atoms with Crippen LogP contribution in [0.25, 0.3) is 0 Å². The molecule has 1 saturated heterocycles. The number of ether oxygens (including phenoxy) is 4. The molecule has 1 aliphatic rings. The van der Waals surface area contributed by atoms with E-state index >= 15 is 0 Å². The van der Waals surface area contributed by atoms with Gasteiger partial charge in [0.1, 0.15) is 36.6 Å². The van der Waals surface area contributed by atoms with Crippen LogP contribution in [0, 0.1) is 0 Å². The molecule has 1 amide bonds. The smallest absolute Gasteiger partial charge is 0.367 e. The molecule has 0 aromatic rings. The molecule has 0 aromatic carbocycles. The molecule has 1 rings (SSSR count). The third-order valence-electron chi connectivity index (χ3n) is 7.61. The van der Waals surface area contributed by atoms with Gasteiger partial charge in [-0.05, 0) is 12.8 Å². The number of aliphatic carboxylic acids is 1. The van der Waals surface area contributed by atoms with Crippen LogP contribution in [0.5, 0.6) is 0 Å². The van der Waals surface area contributed by atoms with Gasteiger partial charge >= 0.3 is 5.97 Å². The number of nitrogens with one attached hydrogen (secondary N) is 1. The quantitative estimate of drug-likeness (QED) is 0.0718. The zero-order valence-corrected chi connectivity index (χ0v) is 26.2. The lowest BCUT2D eigenvalue weighted by Gasteiger charge is -2.49. The fourth-order valence-electron chi connectivity index (χ4n) is 5.02. The topological polar surface area (TPSA) is 204 Å². The second-order valence-corrected chi connectivity index (χ2v) is 11.4. The van der Waals surface area contributed by atoms with E-state index in [9.17, 15) is 40.2 Å². The van der Waals surface area contributed by atoms with E-state index in [4.69, 9.17) is 18.9 Å². The number of carbonyl (C=O) groups excluding carboxylic acids is 1. The number of carboxylic acid groups (broad SMARTS) is 1. The Morgan fingerprint density at radius 3 is 1.98 bits per heavy atom. The molecule has 13 heteroatoms. The van der Waals surface area contributed by atoms with Gasteiger partial charge in [-0.25, -0.2) is 4.79 Å². The largest absolute Gasteiger partial charge is 0.477 e. The van der Waals surface area contributed by atoms with Gasteiger partial charge in [-0.3, -0.25) is 4.79 Å². The SMILES string of the molecule is CCCCCCCCOC[C@H](CO[C@]1(C(=O)O)O[C@@H]([C@H](O)[C@H](O)CO)[C@H](NC(C)=O)[C@@H](O)[C@@H]1O)OCCCCCCCC. The standard InChI is InChI=1S/C30H57NO12/c1-4-6-8-10-12-14-16-40-19-22(41-17-15-13-11-9-7-5-2)20-42-30(29(38)39)28(37)26(36)24(31-21(3)33)27(43-30)25(35)23(34)18-32/h22-28,32,34-37H,4-20H2,1-3H3,(H,31,33)(H,38,39)/t22-,23-,24-,25-,26-,27-,28+,30+/m1/s1. The lowest BCUT2D eigenvalue weighted by atomic mass is 9.86. The zero-order valence-electron chi connectivity index (χ0n) is 26.2. The van der Waals surface area contributed by atoms with Gasteiger partial charge in [-0.15, -0.1) is 0 Å². The van der Waals surface area contributed by atoms with Crippen molar-refractivity contribution in [2.24, 2.45) is 0 Å². The first-order chi connectivity index (χ1) is 20.5. The molecular formula is C30H57NO12. The molecule has 254 valence electrons. The van der Waals surface area contributed by atoms with E-state index in [1.54, 1.807) is 0 Å². The van der Waals surface area contributed by atoms with Crippen molar-refractivity contribution in [3.8, 4) is 0 Å². The summed E-state index contributed by atoms with van der Waals surface area (Å²) in [5.41, 5.74) is 0. The number of hydrogen-bond acceptors (Lipinski definition) is 11. The van der Waals surface area contributed by atoms with E-state index in [0.717, 1.165) is 64.7 Å². The third kappa shape index (κ3) is 13.6. The highest BCUT2D eigenvalue weighted by molar-refractivity contribution is 5.77. The van der Waals surface area contributed by atoms with E-state index in [1.807, 2.05) is 0 Å². The van der Waals surface area contributed by atoms with Crippen LogP contribution in [-0.4, -0.2) is 124 Å². The average Bonchev–Trinajstić information content (AvgIpc) is 2.98. The summed E-state index contributed by atoms with van der Waals surface area (Å²) >= 11 is 0. The van der Waals surface area contributed by atoms with Gasteiger partial charge in [0.05, 0.1) is 25.9 Å². The summed E-state index contributed by atoms with van der Waals surface area (Å²) in [6.45, 7) is 5.03. The van der Waals surface area contributed by atoms with Crippen molar-refractivity contribution in [3.05, 3.63) is 0 Å². The number of aliphatic hydroxyl groups is 5. The predicted molar refractivity (Wildman–Crippen MR) is 157 cm³/mol. The Morgan fingerprint density at radius 2 is 1.44 bits per heavy atom. The van der Waals surface area contributed by atoms with Crippen molar-refractivity contribution in [1.82, 2.24) is 5.32 Å². The summed E-state index contributed by atoms with van der Waals surface area (Å²) in [5.74, 6) is -5.38. The van der Waals surface area contributed by atoms with E-state index < -0.39 is 73.5 Å². The van der Waals surface area contributed by atoms with E-state index in [-0.39, 0.29) is 6.61 Å². The number of rotatable bonds is 25. The Kier molecular flexibility index (Phi) is 20.4. The molecule has 0 saturated carbocycles.